The van der Waals surface area contributed by atoms with Gasteiger partial charge in [0.1, 0.15) is 0 Å². The summed E-state index contributed by atoms with van der Waals surface area (Å²) in [6.45, 7) is 11.2. The number of thioether (sulfide) groups is 2. The van der Waals surface area contributed by atoms with Crippen LogP contribution in [0.4, 0.5) is 0 Å². The number of hydrogen-bond acceptors (Lipinski definition) is 6. The standard InChI is InChI=1S/C15H27N3OS2/c1-9-10(2)21-12(8-20-9)14-17-13(19-18-14)6-11(16)7-15(3,4)5/h9-12H,6-8,16H2,1-5H3. The number of nitrogens with zero attached hydrogens (tertiary/aromatic N) is 2. The smallest absolute Gasteiger partial charge is 0.228 e. The summed E-state index contributed by atoms with van der Waals surface area (Å²) in [6, 6.07) is 0.0747. The molecule has 0 spiro atoms. The van der Waals surface area contributed by atoms with Crippen molar-refractivity contribution in [3.63, 3.8) is 0 Å². The minimum atomic E-state index is 0.0747. The molecule has 2 heterocycles. The average molecular weight is 330 g/mol. The van der Waals surface area contributed by atoms with E-state index in [2.05, 4.69) is 44.8 Å². The Labute approximate surface area is 136 Å². The Balaban J connectivity index is 1.92. The Hall–Kier alpha value is -0.200. The third-order valence-electron chi connectivity index (χ3n) is 3.63. The fourth-order valence-corrected chi connectivity index (χ4v) is 5.32. The Bertz CT molecular complexity index is 458. The Morgan fingerprint density at radius 2 is 2.05 bits per heavy atom. The molecule has 1 saturated heterocycles. The molecule has 6 heteroatoms. The van der Waals surface area contributed by atoms with E-state index in [1.54, 1.807) is 0 Å². The van der Waals surface area contributed by atoms with Crippen LogP contribution in [0.3, 0.4) is 0 Å². The molecule has 1 aromatic rings. The summed E-state index contributed by atoms with van der Waals surface area (Å²) in [6.07, 6.45) is 1.62. The molecule has 0 aliphatic carbocycles. The molecule has 1 aromatic heterocycles. The Morgan fingerprint density at radius 1 is 1.33 bits per heavy atom. The molecular formula is C15H27N3OS2. The van der Waals surface area contributed by atoms with Crippen LogP contribution < -0.4 is 5.73 Å². The molecule has 1 aliphatic heterocycles. The van der Waals surface area contributed by atoms with Gasteiger partial charge in [0, 0.05) is 28.7 Å². The minimum absolute atomic E-state index is 0.0747. The van der Waals surface area contributed by atoms with Gasteiger partial charge in [-0.25, -0.2) is 0 Å². The van der Waals surface area contributed by atoms with E-state index in [-0.39, 0.29) is 11.5 Å². The first-order valence-electron chi connectivity index (χ1n) is 7.60. The van der Waals surface area contributed by atoms with Crippen LogP contribution in [0.5, 0.6) is 0 Å². The largest absolute Gasteiger partial charge is 0.339 e. The van der Waals surface area contributed by atoms with Gasteiger partial charge in [-0.15, -0.1) is 11.8 Å². The zero-order valence-corrected chi connectivity index (χ0v) is 15.3. The van der Waals surface area contributed by atoms with Crippen molar-refractivity contribution in [1.29, 1.82) is 0 Å². The second-order valence-electron chi connectivity index (χ2n) is 7.14. The van der Waals surface area contributed by atoms with Crippen molar-refractivity contribution < 1.29 is 4.52 Å². The van der Waals surface area contributed by atoms with Gasteiger partial charge in [-0.2, -0.15) is 16.7 Å². The fourth-order valence-electron chi connectivity index (χ4n) is 2.48. The summed E-state index contributed by atoms with van der Waals surface area (Å²) in [5.74, 6) is 2.58. The maximum atomic E-state index is 6.18. The highest BCUT2D eigenvalue weighted by Crippen LogP contribution is 2.43. The molecule has 1 aliphatic rings. The monoisotopic (exact) mass is 329 g/mol. The lowest BCUT2D eigenvalue weighted by Crippen LogP contribution is -2.28. The molecule has 4 nitrogen and oxygen atoms in total. The maximum Gasteiger partial charge on any atom is 0.228 e. The van der Waals surface area contributed by atoms with Crippen molar-refractivity contribution in [2.24, 2.45) is 11.1 Å². The van der Waals surface area contributed by atoms with Crippen molar-refractivity contribution in [2.45, 2.75) is 69.3 Å². The average Bonchev–Trinajstić information content (AvgIpc) is 2.78. The van der Waals surface area contributed by atoms with E-state index in [0.29, 0.717) is 28.1 Å². The zero-order chi connectivity index (χ0) is 15.6. The van der Waals surface area contributed by atoms with Crippen LogP contribution in [0.25, 0.3) is 0 Å². The van der Waals surface area contributed by atoms with Crippen molar-refractivity contribution in [1.82, 2.24) is 10.1 Å². The molecule has 21 heavy (non-hydrogen) atoms. The molecular weight excluding hydrogens is 302 g/mol. The number of rotatable bonds is 4. The van der Waals surface area contributed by atoms with Crippen LogP contribution in [0.1, 0.15) is 58.0 Å². The van der Waals surface area contributed by atoms with Crippen LogP contribution in [0, 0.1) is 5.41 Å². The lowest BCUT2D eigenvalue weighted by atomic mass is 9.87. The third kappa shape index (κ3) is 5.18. The van der Waals surface area contributed by atoms with E-state index in [1.165, 1.54) is 0 Å². The topological polar surface area (TPSA) is 64.9 Å². The molecule has 4 unspecified atom stereocenters. The SMILES string of the molecule is CC1SCC(c2noc(CC(N)CC(C)(C)C)n2)SC1C. The molecule has 120 valence electrons. The predicted octanol–water partition coefficient (Wildman–Crippen LogP) is 3.67. The van der Waals surface area contributed by atoms with E-state index in [4.69, 9.17) is 10.3 Å². The van der Waals surface area contributed by atoms with E-state index in [1.807, 2.05) is 23.5 Å². The first kappa shape index (κ1) is 17.2. The van der Waals surface area contributed by atoms with E-state index >= 15 is 0 Å². The lowest BCUT2D eigenvalue weighted by Gasteiger charge is -2.29. The fraction of sp³-hybridized carbons (Fsp3) is 0.867. The number of nitrogens with two attached hydrogens (primary N) is 1. The molecule has 2 N–H and O–H groups in total. The van der Waals surface area contributed by atoms with Gasteiger partial charge in [0.25, 0.3) is 0 Å². The van der Waals surface area contributed by atoms with Crippen molar-refractivity contribution in [3.05, 3.63) is 11.7 Å². The first-order chi connectivity index (χ1) is 9.74. The molecule has 0 amide bonds. The van der Waals surface area contributed by atoms with Gasteiger partial charge in [-0.05, 0) is 11.8 Å². The first-order valence-corrected chi connectivity index (χ1v) is 9.59. The molecule has 0 radical (unpaired) electrons. The lowest BCUT2D eigenvalue weighted by molar-refractivity contribution is 0.312. The quantitative estimate of drug-likeness (QED) is 0.909. The molecule has 0 saturated carbocycles. The summed E-state index contributed by atoms with van der Waals surface area (Å²) in [4.78, 5) is 4.57. The van der Waals surface area contributed by atoms with Crippen molar-refractivity contribution in [2.75, 3.05) is 5.75 Å². The van der Waals surface area contributed by atoms with E-state index in [0.717, 1.165) is 18.0 Å². The Morgan fingerprint density at radius 3 is 2.67 bits per heavy atom. The van der Waals surface area contributed by atoms with Crippen molar-refractivity contribution in [3.8, 4) is 0 Å². The van der Waals surface area contributed by atoms with Gasteiger partial charge < -0.3 is 10.3 Å². The maximum absolute atomic E-state index is 6.18. The highest BCUT2D eigenvalue weighted by atomic mass is 32.2. The van der Waals surface area contributed by atoms with Crippen LogP contribution >= 0.6 is 23.5 Å². The Kier molecular flexibility index (Phi) is 5.65. The van der Waals surface area contributed by atoms with Gasteiger partial charge >= 0.3 is 0 Å². The van der Waals surface area contributed by atoms with Gasteiger partial charge in [0.15, 0.2) is 5.82 Å². The molecule has 4 atom stereocenters. The molecule has 2 rings (SSSR count). The summed E-state index contributed by atoms with van der Waals surface area (Å²) >= 11 is 3.95. The summed E-state index contributed by atoms with van der Waals surface area (Å²) in [5, 5.41) is 5.83. The summed E-state index contributed by atoms with van der Waals surface area (Å²) < 4.78 is 5.40. The summed E-state index contributed by atoms with van der Waals surface area (Å²) in [7, 11) is 0. The normalized spacial score (nSPS) is 28.6. The van der Waals surface area contributed by atoms with Gasteiger partial charge in [0.05, 0.1) is 5.25 Å². The second kappa shape index (κ2) is 6.92. The van der Waals surface area contributed by atoms with Crippen LogP contribution in [-0.4, -0.2) is 32.4 Å². The van der Waals surface area contributed by atoms with E-state index < -0.39 is 0 Å². The highest BCUT2D eigenvalue weighted by molar-refractivity contribution is 8.07. The van der Waals surface area contributed by atoms with E-state index in [9.17, 15) is 0 Å². The minimum Gasteiger partial charge on any atom is -0.339 e. The van der Waals surface area contributed by atoms with Crippen LogP contribution in [-0.2, 0) is 6.42 Å². The van der Waals surface area contributed by atoms with Gasteiger partial charge in [-0.1, -0.05) is 39.8 Å². The summed E-state index contributed by atoms with van der Waals surface area (Å²) in [5.41, 5.74) is 6.41. The molecule has 0 bridgehead atoms. The number of hydrogen-bond donors (Lipinski definition) is 1. The second-order valence-corrected chi connectivity index (χ2v) is 10.1. The van der Waals surface area contributed by atoms with Crippen molar-refractivity contribution >= 4 is 23.5 Å². The highest BCUT2D eigenvalue weighted by Gasteiger charge is 2.30. The molecule has 1 fully saturated rings. The zero-order valence-electron chi connectivity index (χ0n) is 13.6. The van der Waals surface area contributed by atoms with Crippen LogP contribution in [0.2, 0.25) is 0 Å². The van der Waals surface area contributed by atoms with Gasteiger partial charge in [-0.3, -0.25) is 0 Å². The number of aromatic nitrogens is 2. The third-order valence-corrected chi connectivity index (χ3v) is 7.02. The molecule has 0 aromatic carbocycles. The predicted molar refractivity (Wildman–Crippen MR) is 91.8 cm³/mol. The van der Waals surface area contributed by atoms with Gasteiger partial charge in [0.2, 0.25) is 5.89 Å². The van der Waals surface area contributed by atoms with Crippen LogP contribution in [0.15, 0.2) is 4.52 Å².